The molecule has 0 atom stereocenters. The Morgan fingerprint density at radius 2 is 0.829 bits per heavy atom. The summed E-state index contributed by atoms with van der Waals surface area (Å²) in [5.74, 6) is 1.95. The summed E-state index contributed by atoms with van der Waals surface area (Å²) in [6.45, 7) is 8.34. The molecule has 0 aromatic heterocycles. The van der Waals surface area contributed by atoms with Gasteiger partial charge in [-0.3, -0.25) is 0 Å². The minimum Gasteiger partial charge on any atom is -0.493 e. The van der Waals surface area contributed by atoms with Crippen molar-refractivity contribution >= 4 is 0 Å². The maximum atomic E-state index is 6.09. The molecule has 1 aromatic rings. The molecule has 204 valence electrons. The maximum absolute atomic E-state index is 6.09. The lowest BCUT2D eigenvalue weighted by Gasteiger charge is -2.12. The standard InChI is InChI=1S/C33H60O2/c1-4-6-8-10-12-14-16-18-20-22-24-28-34-32-27-26-31(3)33(30-32)35-29-25-23-21-19-17-15-13-11-9-7-5-2/h26-27,30H,4-25,28-29H2,1-3H3. The second-order valence-electron chi connectivity index (χ2n) is 10.7. The summed E-state index contributed by atoms with van der Waals surface area (Å²) in [7, 11) is 0. The van der Waals surface area contributed by atoms with Crippen molar-refractivity contribution in [2.24, 2.45) is 0 Å². The Morgan fingerprint density at radius 1 is 0.457 bits per heavy atom. The zero-order valence-corrected chi connectivity index (χ0v) is 24.0. The number of rotatable bonds is 26. The van der Waals surface area contributed by atoms with Crippen LogP contribution in [0.2, 0.25) is 0 Å². The molecule has 0 saturated carbocycles. The van der Waals surface area contributed by atoms with Gasteiger partial charge in [0.25, 0.3) is 0 Å². The third-order valence-corrected chi connectivity index (χ3v) is 7.18. The molecule has 2 heteroatoms. The summed E-state index contributed by atoms with van der Waals surface area (Å²) in [6.07, 6.45) is 30.1. The molecular formula is C33H60O2. The SMILES string of the molecule is CCCCCCCCCCCCCOc1ccc(C)c(OCCCCCCCCCCCCC)c1. The third-order valence-electron chi connectivity index (χ3n) is 7.18. The molecule has 0 aliphatic carbocycles. The van der Waals surface area contributed by atoms with Gasteiger partial charge >= 0.3 is 0 Å². The summed E-state index contributed by atoms with van der Waals surface area (Å²) < 4.78 is 12.1. The lowest BCUT2D eigenvalue weighted by molar-refractivity contribution is 0.288. The minimum absolute atomic E-state index is 0.818. The molecule has 1 aromatic carbocycles. The Morgan fingerprint density at radius 3 is 1.26 bits per heavy atom. The van der Waals surface area contributed by atoms with Crippen molar-refractivity contribution < 1.29 is 9.47 Å². The van der Waals surface area contributed by atoms with Crippen molar-refractivity contribution in [3.63, 3.8) is 0 Å². The first-order chi connectivity index (χ1) is 17.3. The van der Waals surface area contributed by atoms with Crippen molar-refractivity contribution in [1.29, 1.82) is 0 Å². The topological polar surface area (TPSA) is 18.5 Å². The Kier molecular flexibility index (Phi) is 22.3. The van der Waals surface area contributed by atoms with Crippen LogP contribution in [-0.2, 0) is 0 Å². The molecule has 0 amide bonds. The van der Waals surface area contributed by atoms with Crippen molar-refractivity contribution in [3.8, 4) is 11.5 Å². The molecule has 0 fully saturated rings. The molecule has 0 aliphatic heterocycles. The predicted octanol–water partition coefficient (Wildman–Crippen LogP) is 11.4. The zero-order chi connectivity index (χ0) is 25.2. The molecule has 0 spiro atoms. The van der Waals surface area contributed by atoms with Crippen LogP contribution in [0, 0.1) is 6.92 Å². The Hall–Kier alpha value is -1.18. The van der Waals surface area contributed by atoms with Gasteiger partial charge in [-0.05, 0) is 31.4 Å². The van der Waals surface area contributed by atoms with Gasteiger partial charge in [-0.1, -0.05) is 148 Å². The largest absolute Gasteiger partial charge is 0.493 e. The molecule has 0 N–H and O–H groups in total. The number of ether oxygens (including phenoxy) is 2. The normalized spacial score (nSPS) is 11.2. The molecule has 0 aliphatic rings. The lowest BCUT2D eigenvalue weighted by Crippen LogP contribution is -2.01. The van der Waals surface area contributed by atoms with Gasteiger partial charge in [-0.25, -0.2) is 0 Å². The summed E-state index contributed by atoms with van der Waals surface area (Å²) in [5, 5.41) is 0. The molecule has 0 bridgehead atoms. The summed E-state index contributed by atoms with van der Waals surface area (Å²) in [5.41, 5.74) is 1.20. The van der Waals surface area contributed by atoms with Crippen LogP contribution >= 0.6 is 0 Å². The van der Waals surface area contributed by atoms with E-state index in [2.05, 4.69) is 39.0 Å². The zero-order valence-electron chi connectivity index (χ0n) is 24.0. The van der Waals surface area contributed by atoms with Gasteiger partial charge in [0.05, 0.1) is 13.2 Å². The van der Waals surface area contributed by atoms with Gasteiger partial charge < -0.3 is 9.47 Å². The van der Waals surface area contributed by atoms with Crippen LogP contribution < -0.4 is 9.47 Å². The fourth-order valence-electron chi connectivity index (χ4n) is 4.73. The van der Waals surface area contributed by atoms with E-state index in [-0.39, 0.29) is 0 Å². The van der Waals surface area contributed by atoms with E-state index >= 15 is 0 Å². The quantitative estimate of drug-likeness (QED) is 0.121. The van der Waals surface area contributed by atoms with E-state index < -0.39 is 0 Å². The Balaban J connectivity index is 1.99. The molecule has 0 saturated heterocycles. The first-order valence-electron chi connectivity index (χ1n) is 15.6. The molecule has 0 radical (unpaired) electrons. The summed E-state index contributed by atoms with van der Waals surface area (Å²) >= 11 is 0. The Bertz CT molecular complexity index is 568. The lowest BCUT2D eigenvalue weighted by atomic mass is 10.1. The van der Waals surface area contributed by atoms with Gasteiger partial charge in [0.15, 0.2) is 0 Å². The van der Waals surface area contributed by atoms with E-state index in [1.54, 1.807) is 0 Å². The Labute approximate surface area is 220 Å². The van der Waals surface area contributed by atoms with E-state index in [9.17, 15) is 0 Å². The van der Waals surface area contributed by atoms with Crippen molar-refractivity contribution in [3.05, 3.63) is 23.8 Å². The first kappa shape index (κ1) is 31.8. The van der Waals surface area contributed by atoms with Crippen LogP contribution in [0.3, 0.4) is 0 Å². The average molecular weight is 489 g/mol. The van der Waals surface area contributed by atoms with Gasteiger partial charge in [0.2, 0.25) is 0 Å². The van der Waals surface area contributed by atoms with Crippen LogP contribution in [0.15, 0.2) is 18.2 Å². The van der Waals surface area contributed by atoms with Crippen LogP contribution in [0.5, 0.6) is 11.5 Å². The second kappa shape index (κ2) is 24.5. The third kappa shape index (κ3) is 19.7. The van der Waals surface area contributed by atoms with Crippen molar-refractivity contribution in [2.45, 2.75) is 162 Å². The monoisotopic (exact) mass is 488 g/mol. The van der Waals surface area contributed by atoms with Crippen LogP contribution in [0.4, 0.5) is 0 Å². The smallest absolute Gasteiger partial charge is 0.125 e. The van der Waals surface area contributed by atoms with Crippen LogP contribution in [-0.4, -0.2) is 13.2 Å². The summed E-state index contributed by atoms with van der Waals surface area (Å²) in [4.78, 5) is 0. The van der Waals surface area contributed by atoms with Gasteiger partial charge in [0, 0.05) is 6.07 Å². The number of hydrogen-bond acceptors (Lipinski definition) is 2. The maximum Gasteiger partial charge on any atom is 0.125 e. The van der Waals surface area contributed by atoms with E-state index in [1.807, 2.05) is 0 Å². The number of hydrogen-bond donors (Lipinski definition) is 0. The molecule has 0 heterocycles. The highest BCUT2D eigenvalue weighted by Crippen LogP contribution is 2.25. The molecule has 35 heavy (non-hydrogen) atoms. The number of aryl methyl sites for hydroxylation is 1. The van der Waals surface area contributed by atoms with E-state index in [0.717, 1.165) is 37.6 Å². The highest BCUT2D eigenvalue weighted by Gasteiger charge is 2.03. The van der Waals surface area contributed by atoms with Gasteiger partial charge in [-0.15, -0.1) is 0 Å². The number of benzene rings is 1. The van der Waals surface area contributed by atoms with E-state index in [0.29, 0.717) is 0 Å². The van der Waals surface area contributed by atoms with E-state index in [4.69, 9.17) is 9.47 Å². The minimum atomic E-state index is 0.818. The summed E-state index contributed by atoms with van der Waals surface area (Å²) in [6, 6.07) is 6.31. The van der Waals surface area contributed by atoms with Gasteiger partial charge in [0.1, 0.15) is 11.5 Å². The fourth-order valence-corrected chi connectivity index (χ4v) is 4.73. The van der Waals surface area contributed by atoms with Crippen LogP contribution in [0.1, 0.15) is 161 Å². The molecule has 2 nitrogen and oxygen atoms in total. The number of unbranched alkanes of at least 4 members (excludes halogenated alkanes) is 20. The van der Waals surface area contributed by atoms with Crippen LogP contribution in [0.25, 0.3) is 0 Å². The molecule has 0 unspecified atom stereocenters. The van der Waals surface area contributed by atoms with Crippen molar-refractivity contribution in [1.82, 2.24) is 0 Å². The molecular weight excluding hydrogens is 428 g/mol. The average Bonchev–Trinajstić information content (AvgIpc) is 2.87. The predicted molar refractivity (Wildman–Crippen MR) is 155 cm³/mol. The highest BCUT2D eigenvalue weighted by molar-refractivity contribution is 5.39. The van der Waals surface area contributed by atoms with E-state index in [1.165, 1.54) is 134 Å². The molecule has 1 rings (SSSR count). The highest BCUT2D eigenvalue weighted by atomic mass is 16.5. The first-order valence-corrected chi connectivity index (χ1v) is 15.6. The fraction of sp³-hybridized carbons (Fsp3) is 0.818. The van der Waals surface area contributed by atoms with Gasteiger partial charge in [-0.2, -0.15) is 0 Å². The second-order valence-corrected chi connectivity index (χ2v) is 10.7. The van der Waals surface area contributed by atoms with Crippen molar-refractivity contribution in [2.75, 3.05) is 13.2 Å².